The second-order valence-corrected chi connectivity index (χ2v) is 26.4. The van der Waals surface area contributed by atoms with Crippen LogP contribution in [0.4, 0.5) is 9.59 Å². The van der Waals surface area contributed by atoms with Crippen molar-refractivity contribution in [2.75, 3.05) is 46.8 Å². The SMILES string of the molecule is CCc1c(C2CC3CCC3N2C(=O)C(NC(=O)OC)C2CCOCC2)[nH]c(-c2ccc(-c3ccc(-c4nc(C(C)N(C[Si](C)(C)C)C(=O)C(NC(=O)OC)C5CCOCC5)[nH]c4Cl)cc3)cc2)c1Cl. The van der Waals surface area contributed by atoms with Crippen LogP contribution < -0.4 is 10.6 Å². The molecular weight excluding hydrogens is 938 g/mol. The Bertz CT molecular complexity index is 2460. The fourth-order valence-electron chi connectivity index (χ4n) is 10.8. The van der Waals surface area contributed by atoms with Crippen molar-refractivity contribution in [3.8, 4) is 33.6 Å². The van der Waals surface area contributed by atoms with Crippen LogP contribution in [0.15, 0.2) is 48.5 Å². The summed E-state index contributed by atoms with van der Waals surface area (Å²) in [5.41, 5.74) is 7.10. The molecule has 0 bridgehead atoms. The highest BCUT2D eigenvalue weighted by atomic mass is 35.5. The number of nitrogens with one attached hydrogen (secondary N) is 4. The summed E-state index contributed by atoms with van der Waals surface area (Å²) in [6.07, 6.45) is 5.49. The number of ether oxygens (including phenoxy) is 4. The first-order chi connectivity index (χ1) is 33.1. The summed E-state index contributed by atoms with van der Waals surface area (Å²) in [5, 5.41) is 6.76. The highest BCUT2D eigenvalue weighted by Gasteiger charge is 2.52. The molecule has 69 heavy (non-hydrogen) atoms. The fraction of sp³-hybridized carbons (Fsp3) is 0.549. The number of hydrogen-bond donors (Lipinski definition) is 4. The number of nitrogens with zero attached hydrogens (tertiary/aromatic N) is 3. The molecule has 4 N–H and O–H groups in total. The monoisotopic (exact) mass is 1000 g/mol. The summed E-state index contributed by atoms with van der Waals surface area (Å²) >= 11 is 14.1. The molecule has 8 rings (SSSR count). The maximum Gasteiger partial charge on any atom is 0.407 e. The smallest absolute Gasteiger partial charge is 0.407 e. The number of amides is 4. The van der Waals surface area contributed by atoms with Crippen molar-refractivity contribution >= 4 is 55.3 Å². The average molecular weight is 1010 g/mol. The quantitative estimate of drug-likeness (QED) is 0.0844. The maximum atomic E-state index is 14.7. The third-order valence-electron chi connectivity index (χ3n) is 14.7. The molecular formula is C51H67Cl2N7O8Si. The van der Waals surface area contributed by atoms with Crippen LogP contribution in [0.2, 0.25) is 29.8 Å². The third-order valence-corrected chi connectivity index (χ3v) is 16.6. The van der Waals surface area contributed by atoms with E-state index in [2.05, 4.69) is 71.4 Å². The van der Waals surface area contributed by atoms with Crippen LogP contribution in [0.1, 0.15) is 88.0 Å². The van der Waals surface area contributed by atoms with Crippen molar-refractivity contribution in [1.29, 1.82) is 0 Å². The molecule has 4 aliphatic rings. The number of rotatable bonds is 15. The molecule has 6 atom stereocenters. The third kappa shape index (κ3) is 10.9. The number of fused-ring (bicyclic) bond motifs is 1. The van der Waals surface area contributed by atoms with E-state index < -0.39 is 38.4 Å². The van der Waals surface area contributed by atoms with Gasteiger partial charge in [0.2, 0.25) is 11.8 Å². The molecule has 372 valence electrons. The van der Waals surface area contributed by atoms with Gasteiger partial charge in [-0.2, -0.15) is 0 Å². The molecule has 1 aliphatic carbocycles. The Kier molecular flexibility index (Phi) is 15.8. The summed E-state index contributed by atoms with van der Waals surface area (Å²) in [6, 6.07) is 14.3. The van der Waals surface area contributed by atoms with Gasteiger partial charge in [-0.15, -0.1) is 0 Å². The number of H-pyrrole nitrogens is 2. The Balaban J connectivity index is 1.00. The van der Waals surface area contributed by atoms with E-state index in [1.165, 1.54) is 14.2 Å². The highest BCUT2D eigenvalue weighted by molar-refractivity contribution is 6.76. The van der Waals surface area contributed by atoms with Crippen molar-refractivity contribution in [3.05, 3.63) is 75.8 Å². The number of aromatic amines is 2. The van der Waals surface area contributed by atoms with E-state index in [0.717, 1.165) is 58.5 Å². The van der Waals surface area contributed by atoms with Crippen LogP contribution >= 0.6 is 23.2 Å². The summed E-state index contributed by atoms with van der Waals surface area (Å²) in [6.45, 7) is 12.8. The topological polar surface area (TPSA) is 180 Å². The standard InChI is InChI=1S/C51H67Cl2N7O8Si/c1-8-37-40(52)41(54-45(37)39-27-36-17-18-38(36)60(39)49(62)44(57-51(64)66-4)35-21-25-68-26-22-35)32-13-9-30(10-14-32)31-11-15-33(16-12-31)42-46(53)58-47(55-42)29(2)59(28-69(5,6)7)48(61)43(56-50(63)65-3)34-19-23-67-24-20-34/h9-16,29,34-36,38-39,43-44,54H,8,17-28H2,1-7H3,(H,55,58)(H,56,63)(H,57,64). The highest BCUT2D eigenvalue weighted by Crippen LogP contribution is 2.52. The summed E-state index contributed by atoms with van der Waals surface area (Å²) < 4.78 is 21.1. The van der Waals surface area contributed by atoms with Gasteiger partial charge in [-0.3, -0.25) is 9.59 Å². The number of carbonyl (C=O) groups is 4. The molecule has 5 heterocycles. The second kappa shape index (κ2) is 21.6. The lowest BCUT2D eigenvalue weighted by atomic mass is 9.79. The van der Waals surface area contributed by atoms with Crippen molar-refractivity contribution in [2.24, 2.45) is 17.8 Å². The lowest BCUT2D eigenvalue weighted by Gasteiger charge is -2.41. The first kappa shape index (κ1) is 50.5. The Hall–Kier alpha value is -4.87. The Morgan fingerprint density at radius 2 is 1.33 bits per heavy atom. The van der Waals surface area contributed by atoms with Crippen LogP contribution in [0.3, 0.4) is 0 Å². The molecule has 2 aromatic carbocycles. The normalized spacial score (nSPS) is 21.1. The fourth-order valence-corrected chi connectivity index (χ4v) is 12.9. The van der Waals surface area contributed by atoms with Crippen molar-refractivity contribution in [3.63, 3.8) is 0 Å². The molecule has 0 radical (unpaired) electrons. The number of hydrogen-bond acceptors (Lipinski definition) is 9. The summed E-state index contributed by atoms with van der Waals surface area (Å²) in [5.74, 6) is 0.553. The van der Waals surface area contributed by atoms with Crippen molar-refractivity contribution in [2.45, 2.75) is 115 Å². The minimum atomic E-state index is -1.87. The molecule has 1 saturated carbocycles. The van der Waals surface area contributed by atoms with Gasteiger partial charge < -0.3 is 49.3 Å². The molecule has 6 unspecified atom stereocenters. The van der Waals surface area contributed by atoms with Gasteiger partial charge in [0.05, 0.1) is 45.1 Å². The van der Waals surface area contributed by atoms with Gasteiger partial charge in [0, 0.05) is 49.9 Å². The Morgan fingerprint density at radius 1 is 0.797 bits per heavy atom. The van der Waals surface area contributed by atoms with Crippen LogP contribution in [0, 0.1) is 17.8 Å². The Labute approximate surface area is 416 Å². The van der Waals surface area contributed by atoms with Gasteiger partial charge in [0.15, 0.2) is 0 Å². The van der Waals surface area contributed by atoms with Crippen molar-refractivity contribution < 1.29 is 38.1 Å². The minimum Gasteiger partial charge on any atom is -0.453 e. The predicted molar refractivity (Wildman–Crippen MR) is 269 cm³/mol. The molecule has 4 fully saturated rings. The molecule has 3 saturated heterocycles. The number of halogens is 2. The second-order valence-electron chi connectivity index (χ2n) is 20.2. The Morgan fingerprint density at radius 3 is 1.86 bits per heavy atom. The summed E-state index contributed by atoms with van der Waals surface area (Å²) in [7, 11) is 0.759. The van der Waals surface area contributed by atoms with E-state index in [-0.39, 0.29) is 35.7 Å². The zero-order valence-electron chi connectivity index (χ0n) is 40.8. The lowest BCUT2D eigenvalue weighted by molar-refractivity contribution is -0.140. The van der Waals surface area contributed by atoms with E-state index in [1.54, 1.807) is 0 Å². The van der Waals surface area contributed by atoms with Crippen molar-refractivity contribution in [1.82, 2.24) is 35.4 Å². The van der Waals surface area contributed by atoms with Gasteiger partial charge in [-0.05, 0) is 98.3 Å². The molecule has 3 aliphatic heterocycles. The maximum absolute atomic E-state index is 14.7. The van der Waals surface area contributed by atoms with E-state index in [9.17, 15) is 19.2 Å². The number of likely N-dealkylation sites (tertiary alicyclic amines) is 1. The molecule has 4 amide bonds. The number of aromatic nitrogens is 3. The molecule has 15 nitrogen and oxygen atoms in total. The molecule has 4 aromatic rings. The first-order valence-corrected chi connectivity index (χ1v) is 28.9. The molecule has 2 aromatic heterocycles. The van der Waals surface area contributed by atoms with Crippen LogP contribution in [-0.4, -0.2) is 122 Å². The molecule has 18 heteroatoms. The van der Waals surface area contributed by atoms with Gasteiger partial charge >= 0.3 is 12.2 Å². The van der Waals surface area contributed by atoms with E-state index >= 15 is 0 Å². The number of alkyl carbamates (subject to hydrolysis) is 2. The average Bonchev–Trinajstić information content (AvgIpc) is 3.99. The van der Waals surface area contributed by atoms with Crippen LogP contribution in [-0.2, 0) is 35.0 Å². The minimum absolute atomic E-state index is 0.0478. The van der Waals surface area contributed by atoms with Gasteiger partial charge in [0.25, 0.3) is 0 Å². The number of imidazole rings is 1. The summed E-state index contributed by atoms with van der Waals surface area (Å²) in [4.78, 5) is 70.1. The zero-order valence-corrected chi connectivity index (χ0v) is 43.3. The lowest BCUT2D eigenvalue weighted by Crippen LogP contribution is -2.56. The van der Waals surface area contributed by atoms with Crippen LogP contribution in [0.5, 0.6) is 0 Å². The predicted octanol–water partition coefficient (Wildman–Crippen LogP) is 9.73. The van der Waals surface area contributed by atoms with Gasteiger partial charge in [-0.1, -0.05) is 98.3 Å². The first-order valence-electron chi connectivity index (χ1n) is 24.4. The van der Waals surface area contributed by atoms with Gasteiger partial charge in [0.1, 0.15) is 28.8 Å². The van der Waals surface area contributed by atoms with E-state index in [0.29, 0.717) is 92.3 Å². The number of methoxy groups -OCH3 is 2. The van der Waals surface area contributed by atoms with E-state index in [4.69, 9.17) is 47.1 Å². The largest absolute Gasteiger partial charge is 0.453 e. The molecule has 0 spiro atoms. The van der Waals surface area contributed by atoms with E-state index in [1.807, 2.05) is 41.0 Å². The zero-order chi connectivity index (χ0) is 49.1. The number of carbonyl (C=O) groups excluding carboxylic acids is 4. The number of benzene rings is 2. The van der Waals surface area contributed by atoms with Crippen LogP contribution in [0.25, 0.3) is 33.6 Å². The van der Waals surface area contributed by atoms with Gasteiger partial charge in [-0.25, -0.2) is 14.6 Å².